The Morgan fingerprint density at radius 1 is 0.607 bits per heavy atom. The van der Waals surface area contributed by atoms with Gasteiger partial charge in [-0.05, 0) is 39.3 Å². The van der Waals surface area contributed by atoms with Gasteiger partial charge in [0.05, 0.1) is 14.2 Å². The van der Waals surface area contributed by atoms with Crippen LogP contribution in [0.5, 0.6) is 0 Å². The predicted octanol–water partition coefficient (Wildman–Crippen LogP) is 3.64. The molecule has 0 aliphatic rings. The van der Waals surface area contributed by atoms with Crippen molar-refractivity contribution in [2.45, 2.75) is 62.8 Å². The van der Waals surface area contributed by atoms with Gasteiger partial charge in [-0.3, -0.25) is 0 Å². The second-order valence-corrected chi connectivity index (χ2v) is 16.6. The summed E-state index contributed by atoms with van der Waals surface area (Å²) in [4.78, 5) is 24.7. The minimum absolute atomic E-state index is 0.448. The number of esters is 2. The molecule has 0 amide bonds. The minimum Gasteiger partial charge on any atom is -0.467 e. The Bertz CT molecular complexity index is 543. The van der Waals surface area contributed by atoms with E-state index in [2.05, 4.69) is 9.47 Å². The second kappa shape index (κ2) is 7.95. The number of rotatable bonds is 7. The number of alkyl halides is 6. The Morgan fingerprint density at radius 2 is 0.821 bits per heavy atom. The summed E-state index contributed by atoms with van der Waals surface area (Å²) in [5, 5.41) is 0. The van der Waals surface area contributed by atoms with Crippen LogP contribution in [0.15, 0.2) is 0 Å². The van der Waals surface area contributed by atoms with Gasteiger partial charge < -0.3 is 18.3 Å². The van der Waals surface area contributed by atoms with Crippen molar-refractivity contribution < 1.29 is 54.3 Å². The zero-order valence-electron chi connectivity index (χ0n) is 16.7. The van der Waals surface area contributed by atoms with E-state index in [0.717, 1.165) is 39.3 Å². The van der Waals surface area contributed by atoms with Crippen LogP contribution in [-0.2, 0) is 27.9 Å². The molecule has 0 fully saturated rings. The summed E-state index contributed by atoms with van der Waals surface area (Å²) in [5.74, 6) is -4.94. The number of hydrogen-bond donors (Lipinski definition) is 0. The molecular formula is C14H24F6O6Si2. The van der Waals surface area contributed by atoms with Gasteiger partial charge in [-0.15, -0.1) is 0 Å². The summed E-state index contributed by atoms with van der Waals surface area (Å²) in [7, 11) is -6.30. The van der Waals surface area contributed by atoms with E-state index in [1.807, 2.05) is 0 Å². The Hall–Kier alpha value is -1.13. The van der Waals surface area contributed by atoms with E-state index in [9.17, 15) is 35.9 Å². The van der Waals surface area contributed by atoms with Gasteiger partial charge in [0.2, 0.25) is 0 Å². The average molecular weight is 459 g/mol. The first-order chi connectivity index (χ1) is 12.1. The van der Waals surface area contributed by atoms with Gasteiger partial charge >= 0.3 is 24.3 Å². The Labute approximate surface area is 160 Å². The molecule has 6 nitrogen and oxygen atoms in total. The van der Waals surface area contributed by atoms with Crippen molar-refractivity contribution in [1.29, 1.82) is 0 Å². The lowest BCUT2D eigenvalue weighted by molar-refractivity contribution is -0.356. The molecule has 0 aliphatic heterocycles. The van der Waals surface area contributed by atoms with Crippen molar-refractivity contribution in [3.05, 3.63) is 0 Å². The van der Waals surface area contributed by atoms with E-state index < -0.39 is 52.1 Å². The van der Waals surface area contributed by atoms with Crippen LogP contribution in [0.1, 0.15) is 0 Å². The third kappa shape index (κ3) is 4.88. The first-order valence-corrected chi connectivity index (χ1v) is 14.6. The van der Waals surface area contributed by atoms with E-state index in [4.69, 9.17) is 8.85 Å². The number of ether oxygens (including phenoxy) is 2. The van der Waals surface area contributed by atoms with Crippen LogP contribution in [0.3, 0.4) is 0 Å². The highest BCUT2D eigenvalue weighted by Gasteiger charge is 2.88. The van der Waals surface area contributed by atoms with Crippen LogP contribution in [0, 0.1) is 0 Å². The average Bonchev–Trinajstić information content (AvgIpc) is 2.44. The Morgan fingerprint density at radius 3 is 0.929 bits per heavy atom. The van der Waals surface area contributed by atoms with Gasteiger partial charge in [-0.2, -0.15) is 26.3 Å². The normalized spacial score (nSPS) is 18.1. The summed E-state index contributed by atoms with van der Waals surface area (Å²) >= 11 is 0. The highest BCUT2D eigenvalue weighted by Crippen LogP contribution is 2.54. The predicted molar refractivity (Wildman–Crippen MR) is 90.5 cm³/mol. The molecule has 14 heteroatoms. The molecule has 2 atom stereocenters. The van der Waals surface area contributed by atoms with Crippen LogP contribution >= 0.6 is 0 Å². The number of methoxy groups -OCH3 is 2. The van der Waals surface area contributed by atoms with Crippen molar-refractivity contribution in [3.63, 3.8) is 0 Å². The van der Waals surface area contributed by atoms with Crippen LogP contribution < -0.4 is 0 Å². The zero-order chi connectivity index (χ0) is 23.0. The standard InChI is InChI=1S/C14H24F6O6Si2/c1-23-9(21)11(13(15,16)17,25-27(3,4)5)12(10(22)24-2,14(18,19)20)26-28(6,7)8/h1-8H3. The lowest BCUT2D eigenvalue weighted by Crippen LogP contribution is -2.81. The molecule has 0 aromatic rings. The summed E-state index contributed by atoms with van der Waals surface area (Å²) in [5.41, 5.74) is -9.66. The van der Waals surface area contributed by atoms with E-state index in [1.165, 1.54) is 0 Å². The molecular weight excluding hydrogens is 434 g/mol. The number of carbonyl (C=O) groups is 2. The third-order valence-corrected chi connectivity index (χ3v) is 5.00. The number of carbonyl (C=O) groups excluding carboxylic acids is 2. The number of hydrogen-bond acceptors (Lipinski definition) is 6. The highest BCUT2D eigenvalue weighted by atomic mass is 28.4. The van der Waals surface area contributed by atoms with Gasteiger partial charge in [0, 0.05) is 0 Å². The van der Waals surface area contributed by atoms with Crippen molar-refractivity contribution in [1.82, 2.24) is 0 Å². The van der Waals surface area contributed by atoms with E-state index >= 15 is 0 Å². The molecule has 0 heterocycles. The maximum Gasteiger partial charge on any atom is 0.431 e. The van der Waals surface area contributed by atoms with E-state index in [-0.39, 0.29) is 0 Å². The molecule has 0 bridgehead atoms. The molecule has 0 aromatic heterocycles. The fourth-order valence-electron chi connectivity index (χ4n) is 2.47. The molecule has 166 valence electrons. The Balaban J connectivity index is 7.69. The van der Waals surface area contributed by atoms with Crippen LogP contribution in [-0.4, -0.2) is 66.3 Å². The zero-order valence-corrected chi connectivity index (χ0v) is 18.7. The maximum absolute atomic E-state index is 14.3. The third-order valence-electron chi connectivity index (χ3n) is 3.16. The van der Waals surface area contributed by atoms with E-state index in [1.54, 1.807) is 0 Å². The second-order valence-electron chi connectivity index (χ2n) is 7.77. The molecule has 0 spiro atoms. The molecule has 0 radical (unpaired) electrons. The molecule has 0 N–H and O–H groups in total. The minimum atomic E-state index is -6.05. The molecule has 0 saturated heterocycles. The first kappa shape index (κ1) is 26.9. The van der Waals surface area contributed by atoms with Crippen LogP contribution in [0.4, 0.5) is 26.3 Å². The summed E-state index contributed by atoms with van der Waals surface area (Å²) in [6, 6.07) is 0. The molecule has 0 rings (SSSR count). The fraction of sp³-hybridized carbons (Fsp3) is 0.857. The van der Waals surface area contributed by atoms with Crippen LogP contribution in [0.2, 0.25) is 39.3 Å². The largest absolute Gasteiger partial charge is 0.467 e. The van der Waals surface area contributed by atoms with Gasteiger partial charge in [0.15, 0.2) is 16.6 Å². The van der Waals surface area contributed by atoms with Gasteiger partial charge in [0.25, 0.3) is 11.2 Å². The quantitative estimate of drug-likeness (QED) is 0.330. The smallest absolute Gasteiger partial charge is 0.431 e. The molecule has 0 saturated carbocycles. The monoisotopic (exact) mass is 458 g/mol. The maximum atomic E-state index is 14.3. The lowest BCUT2D eigenvalue weighted by atomic mass is 9.81. The topological polar surface area (TPSA) is 71.1 Å². The summed E-state index contributed by atoms with van der Waals surface area (Å²) < 4.78 is 103. The van der Waals surface area contributed by atoms with Gasteiger partial charge in [0.1, 0.15) is 0 Å². The Kier molecular flexibility index (Phi) is 7.63. The van der Waals surface area contributed by atoms with Crippen molar-refractivity contribution >= 4 is 28.6 Å². The van der Waals surface area contributed by atoms with Crippen molar-refractivity contribution in [2.24, 2.45) is 0 Å². The SMILES string of the molecule is COC(=O)C(O[Si](C)(C)C)(C(F)(F)F)C(O[Si](C)(C)C)(C(=O)OC)C(F)(F)F. The van der Waals surface area contributed by atoms with Crippen molar-refractivity contribution in [3.8, 4) is 0 Å². The number of halogens is 6. The first-order valence-electron chi connectivity index (χ1n) is 7.83. The lowest BCUT2D eigenvalue weighted by Gasteiger charge is -2.50. The fourth-order valence-corrected chi connectivity index (χ4v) is 4.99. The summed E-state index contributed by atoms with van der Waals surface area (Å²) in [6.07, 6.45) is -12.1. The van der Waals surface area contributed by atoms with Crippen molar-refractivity contribution in [2.75, 3.05) is 14.2 Å². The molecule has 2 unspecified atom stereocenters. The van der Waals surface area contributed by atoms with Crippen LogP contribution in [0.25, 0.3) is 0 Å². The van der Waals surface area contributed by atoms with Gasteiger partial charge in [-0.25, -0.2) is 9.59 Å². The van der Waals surface area contributed by atoms with Gasteiger partial charge in [-0.1, -0.05) is 0 Å². The summed E-state index contributed by atoms with van der Waals surface area (Å²) in [6.45, 7) is 6.69. The molecule has 0 aromatic carbocycles. The highest BCUT2D eigenvalue weighted by molar-refractivity contribution is 6.70. The molecule has 0 aliphatic carbocycles. The molecule has 28 heavy (non-hydrogen) atoms. The van der Waals surface area contributed by atoms with E-state index in [0.29, 0.717) is 14.2 Å².